The molecule has 0 bridgehead atoms. The maximum atomic E-state index is 12.9. The Labute approximate surface area is 77.2 Å². The maximum Gasteiger partial charge on any atom is 0.279 e. The molecule has 1 amide bonds. The highest BCUT2D eigenvalue weighted by Gasteiger charge is 2.10. The van der Waals surface area contributed by atoms with Crippen LogP contribution in [0.15, 0.2) is 11.4 Å². The van der Waals surface area contributed by atoms with Gasteiger partial charge in [-0.1, -0.05) is 0 Å². The third-order valence-corrected chi connectivity index (χ3v) is 1.43. The number of carbonyl (C=O) groups is 1. The lowest BCUT2D eigenvalue weighted by molar-refractivity contribution is -0.119. The van der Waals surface area contributed by atoms with Crippen LogP contribution < -0.4 is 5.32 Å². The zero-order valence-electron chi connectivity index (χ0n) is 8.02. The van der Waals surface area contributed by atoms with Gasteiger partial charge in [-0.2, -0.15) is 5.26 Å². The molecular formula is C9H13FN2O. The molecule has 0 saturated heterocycles. The molecule has 0 aliphatic heterocycles. The highest BCUT2D eigenvalue weighted by atomic mass is 19.1. The van der Waals surface area contributed by atoms with E-state index in [9.17, 15) is 9.18 Å². The number of allylic oxidation sites excluding steroid dienone is 1. The van der Waals surface area contributed by atoms with Gasteiger partial charge in [0, 0.05) is 6.54 Å². The number of rotatable bonds is 3. The quantitative estimate of drug-likeness (QED) is 0.676. The SMILES string of the molecule is CC(C)=C(F)C(=O)NCC(C)C#N. The van der Waals surface area contributed by atoms with Gasteiger partial charge in [-0.25, -0.2) is 4.39 Å². The van der Waals surface area contributed by atoms with Crippen molar-refractivity contribution in [3.8, 4) is 6.07 Å². The summed E-state index contributed by atoms with van der Waals surface area (Å²) in [4.78, 5) is 11.0. The number of hydrogen-bond acceptors (Lipinski definition) is 2. The van der Waals surface area contributed by atoms with Crippen LogP contribution in [-0.2, 0) is 4.79 Å². The maximum absolute atomic E-state index is 12.9. The Morgan fingerprint density at radius 1 is 1.62 bits per heavy atom. The molecule has 0 heterocycles. The molecule has 0 aromatic rings. The van der Waals surface area contributed by atoms with Crippen LogP contribution in [0.4, 0.5) is 4.39 Å². The third kappa shape index (κ3) is 4.26. The van der Waals surface area contributed by atoms with Gasteiger partial charge in [0.1, 0.15) is 0 Å². The topological polar surface area (TPSA) is 52.9 Å². The molecule has 0 saturated carbocycles. The Kier molecular flexibility index (Phi) is 4.75. The molecule has 1 N–H and O–H groups in total. The fraction of sp³-hybridized carbons (Fsp3) is 0.556. The molecule has 0 spiro atoms. The number of hydrogen-bond donors (Lipinski definition) is 1. The van der Waals surface area contributed by atoms with Crippen LogP contribution in [0.1, 0.15) is 20.8 Å². The number of halogens is 1. The smallest absolute Gasteiger partial charge is 0.279 e. The first-order valence-electron chi connectivity index (χ1n) is 3.99. The molecule has 0 radical (unpaired) electrons. The number of nitrogens with zero attached hydrogens (tertiary/aromatic N) is 1. The number of carbonyl (C=O) groups excluding carboxylic acids is 1. The molecule has 4 heteroatoms. The second kappa shape index (κ2) is 5.31. The van der Waals surface area contributed by atoms with E-state index < -0.39 is 11.7 Å². The Balaban J connectivity index is 4.06. The average molecular weight is 184 g/mol. The molecule has 0 aliphatic carbocycles. The summed E-state index contributed by atoms with van der Waals surface area (Å²) in [5, 5.41) is 10.7. The van der Waals surface area contributed by atoms with Crippen LogP contribution >= 0.6 is 0 Å². The lowest BCUT2D eigenvalue weighted by atomic mass is 10.2. The summed E-state index contributed by atoms with van der Waals surface area (Å²) in [6.45, 7) is 4.86. The molecule has 3 nitrogen and oxygen atoms in total. The van der Waals surface area contributed by atoms with Crippen molar-refractivity contribution in [1.29, 1.82) is 5.26 Å². The summed E-state index contributed by atoms with van der Waals surface area (Å²) in [7, 11) is 0. The van der Waals surface area contributed by atoms with Gasteiger partial charge >= 0.3 is 0 Å². The van der Waals surface area contributed by atoms with Gasteiger partial charge in [-0.05, 0) is 26.3 Å². The van der Waals surface area contributed by atoms with Gasteiger partial charge in [0.2, 0.25) is 0 Å². The minimum absolute atomic E-state index is 0.177. The lowest BCUT2D eigenvalue weighted by Gasteiger charge is -2.04. The molecule has 1 unspecified atom stereocenters. The normalized spacial score (nSPS) is 11.3. The Morgan fingerprint density at radius 3 is 2.54 bits per heavy atom. The first-order valence-corrected chi connectivity index (χ1v) is 3.99. The second-order valence-corrected chi connectivity index (χ2v) is 3.05. The van der Waals surface area contributed by atoms with E-state index in [1.807, 2.05) is 6.07 Å². The van der Waals surface area contributed by atoms with Crippen molar-refractivity contribution in [1.82, 2.24) is 5.32 Å². The van der Waals surface area contributed by atoms with Crippen molar-refractivity contribution in [2.24, 2.45) is 5.92 Å². The lowest BCUT2D eigenvalue weighted by Crippen LogP contribution is -2.28. The van der Waals surface area contributed by atoms with Crippen LogP contribution in [0.2, 0.25) is 0 Å². The van der Waals surface area contributed by atoms with E-state index in [0.717, 1.165) is 0 Å². The van der Waals surface area contributed by atoms with Crippen molar-refractivity contribution in [2.45, 2.75) is 20.8 Å². The van der Waals surface area contributed by atoms with Gasteiger partial charge in [-0.15, -0.1) is 0 Å². The summed E-state index contributed by atoms with van der Waals surface area (Å²) in [6.07, 6.45) is 0. The fourth-order valence-electron chi connectivity index (χ4n) is 0.596. The summed E-state index contributed by atoms with van der Waals surface area (Å²) in [6, 6.07) is 1.94. The fourth-order valence-corrected chi connectivity index (χ4v) is 0.596. The van der Waals surface area contributed by atoms with Crippen molar-refractivity contribution in [3.05, 3.63) is 11.4 Å². The predicted molar refractivity (Wildman–Crippen MR) is 47.3 cm³/mol. The number of nitrogens with one attached hydrogen (secondary N) is 1. The van der Waals surface area contributed by atoms with Crippen molar-refractivity contribution in [3.63, 3.8) is 0 Å². The molecule has 0 aliphatic rings. The third-order valence-electron chi connectivity index (χ3n) is 1.43. The standard InChI is InChI=1S/C9H13FN2O/c1-6(2)8(10)9(13)12-5-7(3)4-11/h7H,5H2,1-3H3,(H,12,13). The zero-order chi connectivity index (χ0) is 10.4. The molecular weight excluding hydrogens is 171 g/mol. The summed E-state index contributed by atoms with van der Waals surface area (Å²) >= 11 is 0. The summed E-state index contributed by atoms with van der Waals surface area (Å²) in [5.74, 6) is -1.82. The van der Waals surface area contributed by atoms with Crippen LogP contribution in [0.5, 0.6) is 0 Å². The first kappa shape index (κ1) is 11.6. The van der Waals surface area contributed by atoms with Crippen LogP contribution in [0.25, 0.3) is 0 Å². The molecule has 0 aromatic carbocycles. The van der Waals surface area contributed by atoms with Crippen molar-refractivity contribution >= 4 is 5.91 Å². The van der Waals surface area contributed by atoms with E-state index in [0.29, 0.717) is 5.57 Å². The van der Waals surface area contributed by atoms with Crippen LogP contribution in [0, 0.1) is 17.2 Å². The molecule has 0 fully saturated rings. The monoisotopic (exact) mass is 184 g/mol. The van der Waals surface area contributed by atoms with Gasteiger partial charge in [0.05, 0.1) is 12.0 Å². The van der Waals surface area contributed by atoms with E-state index in [1.165, 1.54) is 13.8 Å². The molecule has 0 rings (SSSR count). The van der Waals surface area contributed by atoms with E-state index in [4.69, 9.17) is 5.26 Å². The highest BCUT2D eigenvalue weighted by molar-refractivity contribution is 5.91. The Bertz CT molecular complexity index is 261. The van der Waals surface area contributed by atoms with Gasteiger partial charge in [0.15, 0.2) is 5.83 Å². The van der Waals surface area contributed by atoms with Crippen molar-refractivity contribution in [2.75, 3.05) is 6.54 Å². The molecule has 72 valence electrons. The molecule has 1 atom stereocenters. The van der Waals surface area contributed by atoms with Crippen LogP contribution in [0.3, 0.4) is 0 Å². The van der Waals surface area contributed by atoms with Gasteiger partial charge in [-0.3, -0.25) is 4.79 Å². The minimum atomic E-state index is -0.773. The number of nitriles is 1. The Morgan fingerprint density at radius 2 is 2.15 bits per heavy atom. The zero-order valence-corrected chi connectivity index (χ0v) is 8.02. The minimum Gasteiger partial charge on any atom is -0.349 e. The molecule has 0 aromatic heterocycles. The number of amides is 1. The van der Waals surface area contributed by atoms with E-state index in [2.05, 4.69) is 5.32 Å². The molecule has 13 heavy (non-hydrogen) atoms. The Hall–Kier alpha value is -1.37. The van der Waals surface area contributed by atoms with Crippen LogP contribution in [-0.4, -0.2) is 12.5 Å². The average Bonchev–Trinajstić information content (AvgIpc) is 2.11. The highest BCUT2D eigenvalue weighted by Crippen LogP contribution is 2.04. The predicted octanol–water partition coefficient (Wildman–Crippen LogP) is 1.53. The summed E-state index contributed by atoms with van der Waals surface area (Å²) < 4.78 is 12.9. The first-order chi connectivity index (χ1) is 5.99. The van der Waals surface area contributed by atoms with E-state index in [1.54, 1.807) is 6.92 Å². The van der Waals surface area contributed by atoms with Crippen molar-refractivity contribution < 1.29 is 9.18 Å². The second-order valence-electron chi connectivity index (χ2n) is 3.05. The summed E-state index contributed by atoms with van der Waals surface area (Å²) in [5.41, 5.74) is 0.335. The van der Waals surface area contributed by atoms with Gasteiger partial charge in [0.25, 0.3) is 5.91 Å². The largest absolute Gasteiger partial charge is 0.349 e. The van der Waals surface area contributed by atoms with E-state index in [-0.39, 0.29) is 12.5 Å². The van der Waals surface area contributed by atoms with E-state index >= 15 is 0 Å². The van der Waals surface area contributed by atoms with Gasteiger partial charge < -0.3 is 5.32 Å².